The van der Waals surface area contributed by atoms with E-state index in [1.54, 1.807) is 24.3 Å². The Bertz CT molecular complexity index is 1270. The van der Waals surface area contributed by atoms with Crippen LogP contribution in [0.1, 0.15) is 92.6 Å². The van der Waals surface area contributed by atoms with Gasteiger partial charge in [-0.1, -0.05) is 56.0 Å². The SMILES string of the molecule is CC#C[C@H]1C(C)=C(O[Si](C)(C)C(C)(C)C)CC[C@]1(CCCNS(=O)(=O)c1ccc(C)cc1)C(=O)CCC=C(C)C. The molecule has 0 spiro atoms. The number of carbonyl (C=O) groups excluding carboxylic acids is 1. The second-order valence-corrected chi connectivity index (χ2v) is 19.5. The van der Waals surface area contributed by atoms with Crippen LogP contribution in [0.15, 0.2) is 52.1 Å². The van der Waals surface area contributed by atoms with E-state index in [1.807, 2.05) is 27.7 Å². The van der Waals surface area contributed by atoms with Crippen molar-refractivity contribution in [1.82, 2.24) is 4.72 Å². The van der Waals surface area contributed by atoms with Crippen LogP contribution in [0.25, 0.3) is 0 Å². The zero-order valence-corrected chi connectivity index (χ0v) is 28.3. The van der Waals surface area contributed by atoms with E-state index in [2.05, 4.69) is 63.4 Å². The van der Waals surface area contributed by atoms with E-state index in [-0.39, 0.29) is 28.2 Å². The lowest BCUT2D eigenvalue weighted by Crippen LogP contribution is -2.45. The van der Waals surface area contributed by atoms with Crippen LogP contribution >= 0.6 is 0 Å². The van der Waals surface area contributed by atoms with E-state index in [9.17, 15) is 13.2 Å². The van der Waals surface area contributed by atoms with Crippen LogP contribution in [0.4, 0.5) is 0 Å². The largest absolute Gasteiger partial charge is 0.547 e. The summed E-state index contributed by atoms with van der Waals surface area (Å²) in [5, 5.41) is 0.0650. The molecule has 0 heterocycles. The summed E-state index contributed by atoms with van der Waals surface area (Å²) in [4.78, 5) is 14.3. The number of benzene rings is 1. The van der Waals surface area contributed by atoms with Gasteiger partial charge in [0.2, 0.25) is 18.3 Å². The monoisotopic (exact) mass is 585 g/mol. The molecule has 40 heavy (non-hydrogen) atoms. The van der Waals surface area contributed by atoms with Crippen molar-refractivity contribution in [2.45, 2.75) is 117 Å². The quantitative estimate of drug-likeness (QED) is 0.116. The Hall–Kier alpha value is -2.14. The van der Waals surface area contributed by atoms with Crippen molar-refractivity contribution in [3.05, 3.63) is 52.8 Å². The zero-order chi connectivity index (χ0) is 30.4. The van der Waals surface area contributed by atoms with E-state index >= 15 is 0 Å². The topological polar surface area (TPSA) is 72.5 Å². The van der Waals surface area contributed by atoms with Crippen molar-refractivity contribution in [2.75, 3.05) is 6.54 Å². The van der Waals surface area contributed by atoms with Gasteiger partial charge in [0.15, 0.2) is 0 Å². The summed E-state index contributed by atoms with van der Waals surface area (Å²) >= 11 is 0. The molecule has 0 radical (unpaired) electrons. The fraction of sp³-hybridized carbons (Fsp3) is 0.606. The molecule has 2 atom stereocenters. The Morgan fingerprint density at radius 1 is 1.18 bits per heavy atom. The van der Waals surface area contributed by atoms with Gasteiger partial charge < -0.3 is 4.43 Å². The number of aryl methyl sites for hydroxylation is 1. The minimum Gasteiger partial charge on any atom is -0.547 e. The highest BCUT2D eigenvalue weighted by Crippen LogP contribution is 2.50. The number of Topliss-reactive ketones (excluding diaryl/α,β-unsaturated/α-hetero) is 1. The molecule has 1 aliphatic rings. The Labute approximate surface area is 245 Å². The summed E-state index contributed by atoms with van der Waals surface area (Å²) in [6.07, 6.45) is 5.74. The molecule has 0 unspecified atom stereocenters. The maximum Gasteiger partial charge on any atom is 0.250 e. The molecule has 0 fully saturated rings. The molecule has 1 aliphatic carbocycles. The maximum absolute atomic E-state index is 14.0. The number of nitrogens with one attached hydrogen (secondary N) is 1. The molecule has 0 bridgehead atoms. The third-order valence-corrected chi connectivity index (χ3v) is 14.4. The minimum atomic E-state index is -3.62. The highest BCUT2D eigenvalue weighted by atomic mass is 32.2. The van der Waals surface area contributed by atoms with Gasteiger partial charge in [0, 0.05) is 24.8 Å². The van der Waals surface area contributed by atoms with Gasteiger partial charge in [-0.05, 0) is 96.1 Å². The normalized spacial score (nSPS) is 20.0. The van der Waals surface area contributed by atoms with Gasteiger partial charge in [0.25, 0.3) is 0 Å². The molecule has 0 saturated heterocycles. The Kier molecular flexibility index (Phi) is 11.6. The molecule has 7 heteroatoms. The summed E-state index contributed by atoms with van der Waals surface area (Å²) in [5.41, 5.74) is 2.59. The molecule has 0 aliphatic heterocycles. The second-order valence-electron chi connectivity index (χ2n) is 13.0. The highest BCUT2D eigenvalue weighted by molar-refractivity contribution is 7.89. The van der Waals surface area contributed by atoms with Crippen LogP contribution in [-0.4, -0.2) is 29.1 Å². The third-order valence-electron chi connectivity index (χ3n) is 8.60. The predicted octanol–water partition coefficient (Wildman–Crippen LogP) is 8.08. The molecule has 5 nitrogen and oxygen atoms in total. The fourth-order valence-electron chi connectivity index (χ4n) is 5.10. The van der Waals surface area contributed by atoms with Crippen LogP contribution in [0.5, 0.6) is 0 Å². The van der Waals surface area contributed by atoms with Crippen molar-refractivity contribution in [3.63, 3.8) is 0 Å². The molecular formula is C33H51NO4SSi. The Morgan fingerprint density at radius 2 is 1.80 bits per heavy atom. The minimum absolute atomic E-state index is 0.0650. The molecule has 0 saturated carbocycles. The zero-order valence-electron chi connectivity index (χ0n) is 26.5. The number of sulfonamides is 1. The van der Waals surface area contributed by atoms with Gasteiger partial charge in [0.05, 0.1) is 16.6 Å². The summed E-state index contributed by atoms with van der Waals surface area (Å²) in [6.45, 7) is 21.4. The molecular weight excluding hydrogens is 535 g/mol. The lowest BCUT2D eigenvalue weighted by atomic mass is 9.60. The van der Waals surface area contributed by atoms with Gasteiger partial charge in [-0.25, -0.2) is 13.1 Å². The van der Waals surface area contributed by atoms with Crippen LogP contribution in [0.2, 0.25) is 18.1 Å². The van der Waals surface area contributed by atoms with Gasteiger partial charge >= 0.3 is 0 Å². The average molecular weight is 586 g/mol. The van der Waals surface area contributed by atoms with Gasteiger partial charge in [-0.3, -0.25) is 4.79 Å². The Balaban J connectivity index is 2.37. The van der Waals surface area contributed by atoms with Crippen LogP contribution < -0.4 is 4.72 Å². The number of ketones is 1. The molecule has 0 amide bonds. The van der Waals surface area contributed by atoms with Crippen LogP contribution in [0.3, 0.4) is 0 Å². The van der Waals surface area contributed by atoms with Gasteiger partial charge in [0.1, 0.15) is 5.78 Å². The average Bonchev–Trinajstić information content (AvgIpc) is 2.84. The lowest BCUT2D eigenvalue weighted by Gasteiger charge is -2.45. The first kappa shape index (κ1) is 34.1. The van der Waals surface area contributed by atoms with E-state index in [4.69, 9.17) is 4.43 Å². The number of rotatable bonds is 12. The van der Waals surface area contributed by atoms with Crippen LogP contribution in [0, 0.1) is 30.1 Å². The first-order valence-corrected chi connectivity index (χ1v) is 18.9. The Morgan fingerprint density at radius 3 is 2.35 bits per heavy atom. The molecule has 1 N–H and O–H groups in total. The van der Waals surface area contributed by atoms with Crippen molar-refractivity contribution >= 4 is 24.1 Å². The first-order chi connectivity index (χ1) is 18.5. The molecule has 0 aromatic heterocycles. The van der Waals surface area contributed by atoms with Crippen molar-refractivity contribution in [1.29, 1.82) is 0 Å². The standard InChI is InChI=1S/C33H51NO4SSi/c1-11-14-29-27(5)30(38-40(9,10)32(6,7)8)21-23-33(29,31(35)16-12-15-25(2)3)22-13-24-34-39(36,37)28-19-17-26(4)18-20-28/h15,17-20,29,34H,12-13,16,21-24H2,1-10H3/t29-,33-/m0/s1. The molecule has 222 valence electrons. The summed E-state index contributed by atoms with van der Waals surface area (Å²) < 4.78 is 35.3. The van der Waals surface area contributed by atoms with Crippen LogP contribution in [-0.2, 0) is 19.2 Å². The summed E-state index contributed by atoms with van der Waals surface area (Å²) in [7, 11) is -5.67. The van der Waals surface area contributed by atoms with E-state index in [0.717, 1.165) is 16.9 Å². The van der Waals surface area contributed by atoms with Gasteiger partial charge in [-0.2, -0.15) is 0 Å². The molecule has 1 aromatic carbocycles. The summed E-state index contributed by atoms with van der Waals surface area (Å²) in [6, 6.07) is 6.84. The number of allylic oxidation sites excluding steroid dienone is 4. The van der Waals surface area contributed by atoms with Crippen molar-refractivity contribution in [2.24, 2.45) is 11.3 Å². The smallest absolute Gasteiger partial charge is 0.250 e. The number of hydrogen-bond acceptors (Lipinski definition) is 4. The summed E-state index contributed by atoms with van der Waals surface area (Å²) in [5.74, 6) is 7.46. The van der Waals surface area contributed by atoms with E-state index in [0.29, 0.717) is 38.5 Å². The molecule has 1 aromatic rings. The predicted molar refractivity (Wildman–Crippen MR) is 169 cm³/mol. The highest BCUT2D eigenvalue weighted by Gasteiger charge is 2.49. The maximum atomic E-state index is 14.0. The van der Waals surface area contributed by atoms with E-state index < -0.39 is 23.8 Å². The van der Waals surface area contributed by atoms with Crippen molar-refractivity contribution in [3.8, 4) is 11.8 Å². The third kappa shape index (κ3) is 8.44. The van der Waals surface area contributed by atoms with Crippen molar-refractivity contribution < 1.29 is 17.6 Å². The first-order valence-electron chi connectivity index (χ1n) is 14.5. The number of hydrogen-bond donors (Lipinski definition) is 1. The van der Waals surface area contributed by atoms with Gasteiger partial charge in [-0.15, -0.1) is 5.92 Å². The lowest BCUT2D eigenvalue weighted by molar-refractivity contribution is -0.131. The van der Waals surface area contributed by atoms with E-state index in [1.165, 1.54) is 5.57 Å². The molecule has 2 rings (SSSR count). The second kappa shape index (κ2) is 13.7. The number of carbonyl (C=O) groups is 1. The fourth-order valence-corrected chi connectivity index (χ4v) is 7.36.